The number of likely N-dealkylation sites (N-methyl/N-ethyl adjacent to an activating group) is 1. The summed E-state index contributed by atoms with van der Waals surface area (Å²) in [6.45, 7) is 1.48. The molecule has 1 unspecified atom stereocenters. The average molecular weight is 533 g/mol. The Morgan fingerprint density at radius 2 is 1.74 bits per heavy atom. The maximum absolute atomic E-state index is 13.1. The summed E-state index contributed by atoms with van der Waals surface area (Å²) in [5.74, 6) is 0.953. The molecule has 1 aliphatic heterocycles. The van der Waals surface area contributed by atoms with Crippen LogP contribution in [0.2, 0.25) is 0 Å². The van der Waals surface area contributed by atoms with Gasteiger partial charge in [-0.2, -0.15) is 4.98 Å². The molecule has 208 valence electrons. The van der Waals surface area contributed by atoms with E-state index in [2.05, 4.69) is 25.2 Å². The first kappa shape index (κ1) is 27.1. The van der Waals surface area contributed by atoms with Crippen molar-refractivity contribution >= 4 is 34.6 Å². The molecule has 0 spiro atoms. The lowest BCUT2D eigenvalue weighted by molar-refractivity contribution is 0.0749. The summed E-state index contributed by atoms with van der Waals surface area (Å²) < 4.78 is 2.13. The fourth-order valence-corrected chi connectivity index (χ4v) is 5.80. The van der Waals surface area contributed by atoms with Crippen LogP contribution >= 0.6 is 0 Å². The van der Waals surface area contributed by atoms with E-state index >= 15 is 0 Å². The lowest BCUT2D eigenvalue weighted by Crippen LogP contribution is -2.41. The van der Waals surface area contributed by atoms with Crippen LogP contribution in [0.3, 0.4) is 0 Å². The van der Waals surface area contributed by atoms with Gasteiger partial charge in [-0.1, -0.05) is 32.1 Å². The van der Waals surface area contributed by atoms with Crippen LogP contribution in [0.4, 0.5) is 11.8 Å². The van der Waals surface area contributed by atoms with Crippen LogP contribution in [0.5, 0.6) is 0 Å². The summed E-state index contributed by atoms with van der Waals surface area (Å²) >= 11 is 0. The molecule has 2 aliphatic rings. The predicted molar refractivity (Wildman–Crippen MR) is 152 cm³/mol. The normalized spacial score (nSPS) is 18.9. The molecule has 3 aromatic rings. The third-order valence-corrected chi connectivity index (χ3v) is 8.01. The zero-order valence-electron chi connectivity index (χ0n) is 23.3. The van der Waals surface area contributed by atoms with Crippen LogP contribution in [0.25, 0.3) is 11.0 Å². The number of carbonyl (C=O) groups excluding carboxylic acids is 2. The molecule has 1 atom stereocenters. The maximum atomic E-state index is 13.1. The number of hydrogen-bond donors (Lipinski definition) is 2. The van der Waals surface area contributed by atoms with E-state index in [1.54, 1.807) is 43.5 Å². The highest BCUT2D eigenvalue weighted by Crippen LogP contribution is 2.33. The number of likely N-dealkylation sites (tertiary alicyclic amines) is 1. The van der Waals surface area contributed by atoms with Crippen molar-refractivity contribution in [3.05, 3.63) is 41.9 Å². The molecule has 1 aliphatic carbocycles. The summed E-state index contributed by atoms with van der Waals surface area (Å²) in [5.41, 5.74) is 1.99. The molecule has 2 amide bonds. The zero-order chi connectivity index (χ0) is 27.4. The minimum atomic E-state index is -0.0286. The van der Waals surface area contributed by atoms with Gasteiger partial charge < -0.3 is 25.0 Å². The van der Waals surface area contributed by atoms with Gasteiger partial charge in [-0.3, -0.25) is 9.59 Å². The number of hydrogen-bond acceptors (Lipinski definition) is 7. The Kier molecular flexibility index (Phi) is 8.40. The standard InChI is InChI=1S/C29H40N8O2/c1-30-22-10-8-9-15-36(19-22)27(38)20-13-14-25(31-17-20)33-29-32-18-21-16-24(28(39)35(2)3)37(26(21)34-29)23-11-6-4-5-7-12-23/h13-14,16-18,22-23,30H,4-12,15,19H2,1-3H3,(H,31,32,33,34). The highest BCUT2D eigenvalue weighted by Gasteiger charge is 2.26. The van der Waals surface area contributed by atoms with Crippen LogP contribution in [-0.4, -0.2) is 81.4 Å². The lowest BCUT2D eigenvalue weighted by Gasteiger charge is -2.24. The Labute approximate surface area is 230 Å². The van der Waals surface area contributed by atoms with Crippen molar-refractivity contribution in [1.29, 1.82) is 0 Å². The Balaban J connectivity index is 1.38. The predicted octanol–water partition coefficient (Wildman–Crippen LogP) is 4.38. The third-order valence-electron chi connectivity index (χ3n) is 8.01. The first-order valence-corrected chi connectivity index (χ1v) is 14.2. The van der Waals surface area contributed by atoms with Gasteiger partial charge in [-0.25, -0.2) is 9.97 Å². The van der Waals surface area contributed by atoms with E-state index in [-0.39, 0.29) is 17.9 Å². The van der Waals surface area contributed by atoms with Crippen LogP contribution in [0.15, 0.2) is 30.6 Å². The number of pyridine rings is 1. The maximum Gasteiger partial charge on any atom is 0.270 e. The number of aromatic nitrogens is 4. The van der Waals surface area contributed by atoms with E-state index < -0.39 is 0 Å². The van der Waals surface area contributed by atoms with Crippen LogP contribution in [0.1, 0.15) is 84.7 Å². The van der Waals surface area contributed by atoms with Crippen molar-refractivity contribution < 1.29 is 9.59 Å². The lowest BCUT2D eigenvalue weighted by atomic mass is 10.1. The molecule has 1 saturated heterocycles. The Morgan fingerprint density at radius 1 is 0.974 bits per heavy atom. The van der Waals surface area contributed by atoms with Crippen molar-refractivity contribution in [2.45, 2.75) is 69.9 Å². The van der Waals surface area contributed by atoms with E-state index in [1.165, 1.54) is 12.8 Å². The summed E-state index contributed by atoms with van der Waals surface area (Å²) in [4.78, 5) is 43.6. The molecular weight excluding hydrogens is 492 g/mol. The number of anilines is 2. The number of nitrogens with zero attached hydrogens (tertiary/aromatic N) is 6. The van der Waals surface area contributed by atoms with Gasteiger partial charge in [-0.05, 0) is 50.9 Å². The monoisotopic (exact) mass is 532 g/mol. The van der Waals surface area contributed by atoms with Gasteiger partial charge in [0.2, 0.25) is 5.95 Å². The van der Waals surface area contributed by atoms with Gasteiger partial charge in [0.05, 0.1) is 5.56 Å². The van der Waals surface area contributed by atoms with E-state index in [4.69, 9.17) is 4.98 Å². The van der Waals surface area contributed by atoms with E-state index in [0.29, 0.717) is 35.6 Å². The second kappa shape index (κ2) is 12.1. The largest absolute Gasteiger partial charge is 0.343 e. The quantitative estimate of drug-likeness (QED) is 0.454. The van der Waals surface area contributed by atoms with Crippen molar-refractivity contribution in [3.63, 3.8) is 0 Å². The second-order valence-corrected chi connectivity index (χ2v) is 11.0. The van der Waals surface area contributed by atoms with Crippen molar-refractivity contribution in [1.82, 2.24) is 34.6 Å². The van der Waals surface area contributed by atoms with E-state index in [9.17, 15) is 9.59 Å². The fourth-order valence-electron chi connectivity index (χ4n) is 5.80. The first-order valence-electron chi connectivity index (χ1n) is 14.2. The molecule has 10 nitrogen and oxygen atoms in total. The molecule has 2 fully saturated rings. The third kappa shape index (κ3) is 6.06. The van der Waals surface area contributed by atoms with Crippen LogP contribution < -0.4 is 10.6 Å². The summed E-state index contributed by atoms with van der Waals surface area (Å²) in [6.07, 6.45) is 13.4. The van der Waals surface area contributed by atoms with Gasteiger partial charge >= 0.3 is 0 Å². The van der Waals surface area contributed by atoms with Gasteiger partial charge in [0.25, 0.3) is 11.8 Å². The van der Waals surface area contributed by atoms with Gasteiger partial charge in [0, 0.05) is 57.0 Å². The molecule has 10 heteroatoms. The van der Waals surface area contributed by atoms with Gasteiger partial charge in [-0.15, -0.1) is 0 Å². The molecular formula is C29H40N8O2. The number of fused-ring (bicyclic) bond motifs is 1. The van der Waals surface area contributed by atoms with Crippen molar-refractivity contribution in [2.24, 2.45) is 0 Å². The molecule has 2 N–H and O–H groups in total. The van der Waals surface area contributed by atoms with E-state index in [1.807, 2.05) is 18.0 Å². The average Bonchev–Trinajstić information content (AvgIpc) is 3.13. The Bertz CT molecular complexity index is 1290. The number of amides is 2. The highest BCUT2D eigenvalue weighted by atomic mass is 16.2. The molecule has 3 aromatic heterocycles. The molecule has 1 saturated carbocycles. The smallest absolute Gasteiger partial charge is 0.270 e. The molecule has 39 heavy (non-hydrogen) atoms. The Hall–Kier alpha value is -3.53. The van der Waals surface area contributed by atoms with Crippen LogP contribution in [-0.2, 0) is 0 Å². The summed E-state index contributed by atoms with van der Waals surface area (Å²) in [5, 5.41) is 7.36. The first-order chi connectivity index (χ1) is 18.9. The number of carbonyl (C=O) groups is 2. The minimum Gasteiger partial charge on any atom is -0.343 e. The molecule has 0 bridgehead atoms. The zero-order valence-corrected chi connectivity index (χ0v) is 23.3. The molecule has 5 rings (SSSR count). The number of rotatable bonds is 6. The van der Waals surface area contributed by atoms with Crippen LogP contribution in [0, 0.1) is 0 Å². The van der Waals surface area contributed by atoms with Crippen molar-refractivity contribution in [3.8, 4) is 0 Å². The van der Waals surface area contributed by atoms with Gasteiger partial charge in [0.1, 0.15) is 17.2 Å². The summed E-state index contributed by atoms with van der Waals surface area (Å²) in [6, 6.07) is 6.06. The number of nitrogens with one attached hydrogen (secondary N) is 2. The SMILES string of the molecule is CNC1CCCCN(C(=O)c2ccc(Nc3ncc4cc(C(=O)N(C)C)n(C5CCCCCC5)c4n3)nc2)C1. The topological polar surface area (TPSA) is 108 Å². The minimum absolute atomic E-state index is 0.00758. The summed E-state index contributed by atoms with van der Waals surface area (Å²) in [7, 11) is 5.51. The second-order valence-electron chi connectivity index (χ2n) is 11.0. The van der Waals surface area contributed by atoms with Crippen molar-refractivity contribution in [2.75, 3.05) is 39.5 Å². The highest BCUT2D eigenvalue weighted by molar-refractivity contribution is 5.98. The van der Waals surface area contributed by atoms with E-state index in [0.717, 1.165) is 62.5 Å². The fraction of sp³-hybridized carbons (Fsp3) is 0.552. The molecule has 0 radical (unpaired) electrons. The molecule has 4 heterocycles. The van der Waals surface area contributed by atoms with Gasteiger partial charge in [0.15, 0.2) is 0 Å². The molecule has 0 aromatic carbocycles. The Morgan fingerprint density at radius 3 is 2.44 bits per heavy atom.